The second kappa shape index (κ2) is 6.34. The molecule has 100 valence electrons. The van der Waals surface area contributed by atoms with E-state index in [4.69, 9.17) is 4.42 Å². The fourth-order valence-electron chi connectivity index (χ4n) is 1.06. The molecule has 7 nitrogen and oxygen atoms in total. The van der Waals surface area contributed by atoms with Crippen molar-refractivity contribution < 1.29 is 18.7 Å². The lowest BCUT2D eigenvalue weighted by atomic mass is 10.4. The van der Waals surface area contributed by atoms with E-state index in [1.54, 1.807) is 12.1 Å². The van der Waals surface area contributed by atoms with Crippen LogP contribution >= 0.6 is 23.1 Å². The second-order valence-electron chi connectivity index (χ2n) is 3.17. The number of nitrogens with zero attached hydrogens (tertiary/aromatic N) is 2. The highest BCUT2D eigenvalue weighted by Gasteiger charge is 2.13. The Hall–Kier alpha value is -1.87. The number of carbonyl (C=O) groups is 2. The summed E-state index contributed by atoms with van der Waals surface area (Å²) in [4.78, 5) is 22.6. The van der Waals surface area contributed by atoms with E-state index in [1.165, 1.54) is 36.5 Å². The molecule has 0 saturated carbocycles. The van der Waals surface area contributed by atoms with Crippen LogP contribution in [0, 0.1) is 0 Å². The number of nitrogens with one attached hydrogen (secondary N) is 1. The summed E-state index contributed by atoms with van der Waals surface area (Å²) < 4.78 is 10.0. The van der Waals surface area contributed by atoms with Gasteiger partial charge in [0.1, 0.15) is 0 Å². The van der Waals surface area contributed by atoms with Gasteiger partial charge in [-0.1, -0.05) is 23.1 Å². The van der Waals surface area contributed by atoms with Crippen LogP contribution in [0.25, 0.3) is 0 Å². The Morgan fingerprint density at radius 2 is 2.37 bits per heavy atom. The number of ether oxygens (including phenoxy) is 1. The minimum absolute atomic E-state index is 0.150. The Labute approximate surface area is 116 Å². The highest BCUT2D eigenvalue weighted by atomic mass is 32.2. The predicted octanol–water partition coefficient (Wildman–Crippen LogP) is 1.65. The van der Waals surface area contributed by atoms with Crippen LogP contribution in [-0.4, -0.2) is 34.9 Å². The molecule has 0 aromatic carbocycles. The zero-order chi connectivity index (χ0) is 13.7. The zero-order valence-electron chi connectivity index (χ0n) is 9.78. The molecule has 0 bridgehead atoms. The molecular weight excluding hydrogens is 290 g/mol. The average Bonchev–Trinajstić information content (AvgIpc) is 3.07. The van der Waals surface area contributed by atoms with Crippen molar-refractivity contribution in [3.63, 3.8) is 0 Å². The van der Waals surface area contributed by atoms with Crippen molar-refractivity contribution in [3.05, 3.63) is 24.2 Å². The van der Waals surface area contributed by atoms with Crippen LogP contribution in [0.1, 0.15) is 10.6 Å². The third-order valence-corrected chi connectivity index (χ3v) is 3.86. The first-order chi connectivity index (χ1) is 9.19. The number of carbonyl (C=O) groups excluding carboxylic acids is 2. The van der Waals surface area contributed by atoms with Crippen molar-refractivity contribution in [2.45, 2.75) is 4.34 Å². The smallest absolute Gasteiger partial charge is 0.316 e. The van der Waals surface area contributed by atoms with Crippen molar-refractivity contribution in [2.75, 3.05) is 18.2 Å². The third kappa shape index (κ3) is 3.80. The van der Waals surface area contributed by atoms with E-state index < -0.39 is 5.91 Å². The summed E-state index contributed by atoms with van der Waals surface area (Å²) in [6.07, 6.45) is 1.41. The topological polar surface area (TPSA) is 94.3 Å². The van der Waals surface area contributed by atoms with Gasteiger partial charge < -0.3 is 9.15 Å². The van der Waals surface area contributed by atoms with Crippen LogP contribution in [-0.2, 0) is 9.53 Å². The number of hydrogen-bond acceptors (Lipinski definition) is 8. The molecule has 0 atom stereocenters. The minimum Gasteiger partial charge on any atom is -0.468 e. The van der Waals surface area contributed by atoms with Gasteiger partial charge in [-0.3, -0.25) is 14.9 Å². The number of furan rings is 1. The van der Waals surface area contributed by atoms with Crippen LogP contribution in [0.15, 0.2) is 27.2 Å². The second-order valence-corrected chi connectivity index (χ2v) is 5.37. The monoisotopic (exact) mass is 299 g/mol. The molecule has 1 N–H and O–H groups in total. The zero-order valence-corrected chi connectivity index (χ0v) is 11.4. The van der Waals surface area contributed by atoms with Gasteiger partial charge in [-0.15, -0.1) is 10.2 Å². The van der Waals surface area contributed by atoms with Gasteiger partial charge in [0, 0.05) is 0 Å². The summed E-state index contributed by atoms with van der Waals surface area (Å²) >= 11 is 2.36. The average molecular weight is 299 g/mol. The number of aromatic nitrogens is 2. The van der Waals surface area contributed by atoms with Gasteiger partial charge in [-0.2, -0.15) is 0 Å². The Morgan fingerprint density at radius 1 is 1.53 bits per heavy atom. The standard InChI is InChI=1S/C10H9N3O4S2/c1-16-7(14)5-18-10-13-12-9(19-10)11-8(15)6-3-2-4-17-6/h2-4H,5H2,1H3,(H,11,12,15). The van der Waals surface area contributed by atoms with E-state index in [2.05, 4.69) is 20.3 Å². The van der Waals surface area contributed by atoms with Gasteiger partial charge in [0.25, 0.3) is 5.91 Å². The summed E-state index contributed by atoms with van der Waals surface area (Å²) in [5, 5.41) is 10.5. The first-order valence-corrected chi connectivity index (χ1v) is 6.87. The molecule has 1 amide bonds. The number of amides is 1. The lowest BCUT2D eigenvalue weighted by molar-refractivity contribution is -0.137. The molecule has 0 aliphatic carbocycles. The van der Waals surface area contributed by atoms with Crippen molar-refractivity contribution in [1.29, 1.82) is 0 Å². The predicted molar refractivity (Wildman–Crippen MR) is 69.3 cm³/mol. The lowest BCUT2D eigenvalue weighted by Gasteiger charge is -1.96. The first-order valence-electron chi connectivity index (χ1n) is 5.07. The molecule has 2 heterocycles. The van der Waals surface area contributed by atoms with E-state index >= 15 is 0 Å². The van der Waals surface area contributed by atoms with Crippen molar-refractivity contribution in [3.8, 4) is 0 Å². The molecule has 0 radical (unpaired) electrons. The SMILES string of the molecule is COC(=O)CSc1nnc(NC(=O)c2ccco2)s1. The Kier molecular flexibility index (Phi) is 4.53. The maximum atomic E-state index is 11.6. The number of esters is 1. The van der Waals surface area contributed by atoms with Crippen LogP contribution in [0.5, 0.6) is 0 Å². The van der Waals surface area contributed by atoms with Crippen LogP contribution in [0.4, 0.5) is 5.13 Å². The summed E-state index contributed by atoms with van der Waals surface area (Å²) in [7, 11) is 1.32. The van der Waals surface area contributed by atoms with E-state index in [9.17, 15) is 9.59 Å². The molecule has 2 aromatic rings. The van der Waals surface area contributed by atoms with E-state index in [0.29, 0.717) is 9.47 Å². The quantitative estimate of drug-likeness (QED) is 0.509. The van der Waals surface area contributed by atoms with E-state index in [1.807, 2.05) is 0 Å². The number of thioether (sulfide) groups is 1. The number of rotatable bonds is 5. The highest BCUT2D eigenvalue weighted by Crippen LogP contribution is 2.25. The van der Waals surface area contributed by atoms with Crippen LogP contribution < -0.4 is 5.32 Å². The summed E-state index contributed by atoms with van der Waals surface area (Å²) in [6.45, 7) is 0. The van der Waals surface area contributed by atoms with Crippen molar-refractivity contribution in [1.82, 2.24) is 10.2 Å². The van der Waals surface area contributed by atoms with Crippen molar-refractivity contribution >= 4 is 40.1 Å². The highest BCUT2D eigenvalue weighted by molar-refractivity contribution is 8.01. The largest absolute Gasteiger partial charge is 0.468 e. The van der Waals surface area contributed by atoms with Gasteiger partial charge >= 0.3 is 5.97 Å². The van der Waals surface area contributed by atoms with E-state index in [-0.39, 0.29) is 17.5 Å². The van der Waals surface area contributed by atoms with Crippen molar-refractivity contribution in [2.24, 2.45) is 0 Å². The summed E-state index contributed by atoms with van der Waals surface area (Å²) in [6, 6.07) is 3.16. The Bertz CT molecular complexity index is 567. The molecule has 0 aliphatic heterocycles. The number of hydrogen-bond donors (Lipinski definition) is 1. The maximum absolute atomic E-state index is 11.6. The normalized spacial score (nSPS) is 10.2. The van der Waals surface area contributed by atoms with Gasteiger partial charge in [0.15, 0.2) is 10.1 Å². The lowest BCUT2D eigenvalue weighted by Crippen LogP contribution is -2.10. The van der Waals surface area contributed by atoms with Gasteiger partial charge in [0.05, 0.1) is 19.1 Å². The fourth-order valence-corrected chi connectivity index (χ4v) is 2.64. The maximum Gasteiger partial charge on any atom is 0.316 e. The number of anilines is 1. The van der Waals surface area contributed by atoms with E-state index in [0.717, 1.165) is 0 Å². The fraction of sp³-hybridized carbons (Fsp3) is 0.200. The molecular formula is C10H9N3O4S2. The van der Waals surface area contributed by atoms with Gasteiger partial charge in [-0.25, -0.2) is 0 Å². The summed E-state index contributed by atoms with van der Waals surface area (Å²) in [5.74, 6) is -0.400. The number of methoxy groups -OCH3 is 1. The molecule has 0 aliphatic rings. The molecule has 2 aromatic heterocycles. The molecule has 0 spiro atoms. The molecule has 2 rings (SSSR count). The summed E-state index contributed by atoms with van der Waals surface area (Å²) in [5.41, 5.74) is 0. The molecule has 0 saturated heterocycles. The first kappa shape index (κ1) is 13.6. The molecule has 19 heavy (non-hydrogen) atoms. The van der Waals surface area contributed by atoms with Gasteiger partial charge in [0.2, 0.25) is 5.13 Å². The third-order valence-electron chi connectivity index (χ3n) is 1.91. The van der Waals surface area contributed by atoms with Crippen LogP contribution in [0.3, 0.4) is 0 Å². The molecule has 0 unspecified atom stereocenters. The molecule has 9 heteroatoms. The van der Waals surface area contributed by atoms with Gasteiger partial charge in [-0.05, 0) is 12.1 Å². The Morgan fingerprint density at radius 3 is 3.05 bits per heavy atom. The Balaban J connectivity index is 1.90. The minimum atomic E-state index is -0.398. The molecule has 0 fully saturated rings. The van der Waals surface area contributed by atoms with Crippen LogP contribution in [0.2, 0.25) is 0 Å².